The second-order valence-corrected chi connectivity index (χ2v) is 18.4. The summed E-state index contributed by atoms with van der Waals surface area (Å²) < 4.78 is 45.4. The molecule has 3 saturated carbocycles. The summed E-state index contributed by atoms with van der Waals surface area (Å²) in [4.78, 5) is 61.9. The number of nitrogens with zero attached hydrogens (tertiary/aromatic N) is 2. The van der Waals surface area contributed by atoms with E-state index in [1.165, 1.54) is 4.90 Å². The quantitative estimate of drug-likeness (QED) is 0.200. The van der Waals surface area contributed by atoms with Crippen molar-refractivity contribution in [1.82, 2.24) is 14.6 Å². The summed E-state index contributed by atoms with van der Waals surface area (Å²) >= 11 is 0. The lowest BCUT2D eigenvalue weighted by atomic mass is 9.77. The molecule has 4 fully saturated rings. The first-order valence-corrected chi connectivity index (χ1v) is 19.9. The second kappa shape index (κ2) is 14.1. The summed E-state index contributed by atoms with van der Waals surface area (Å²) in [6, 6.07) is 6.34. The van der Waals surface area contributed by atoms with Crippen molar-refractivity contribution in [1.29, 1.82) is 0 Å². The summed E-state index contributed by atoms with van der Waals surface area (Å²) in [6.07, 6.45) is 6.98. The third-order valence-electron chi connectivity index (χ3n) is 11.4. The molecule has 5 atom stereocenters. The molecule has 2 heterocycles. The number of amides is 2. The van der Waals surface area contributed by atoms with Crippen LogP contribution >= 0.6 is 0 Å². The molecule has 0 radical (unpaired) electrons. The third-order valence-corrected chi connectivity index (χ3v) is 13.2. The monoisotopic (exact) mass is 737 g/mol. The average molecular weight is 738 g/mol. The van der Waals surface area contributed by atoms with E-state index in [0.717, 1.165) is 36.5 Å². The number of allylic oxidation sites excluding steroid dienone is 1. The van der Waals surface area contributed by atoms with Crippen molar-refractivity contribution in [3.8, 4) is 11.6 Å². The number of hydrogen-bond acceptors (Lipinski definition) is 10. The van der Waals surface area contributed by atoms with Gasteiger partial charge in [-0.2, -0.15) is 0 Å². The van der Waals surface area contributed by atoms with Gasteiger partial charge in [0.25, 0.3) is 0 Å². The second-order valence-electron chi connectivity index (χ2n) is 16.5. The largest absolute Gasteiger partial charge is 0.497 e. The lowest BCUT2D eigenvalue weighted by Gasteiger charge is -2.35. The van der Waals surface area contributed by atoms with Crippen LogP contribution in [0.15, 0.2) is 43.1 Å². The maximum Gasteiger partial charge on any atom is 0.307 e. The van der Waals surface area contributed by atoms with Crippen molar-refractivity contribution in [3.63, 3.8) is 0 Å². The van der Waals surface area contributed by atoms with E-state index in [1.807, 2.05) is 45.9 Å². The van der Waals surface area contributed by atoms with E-state index in [-0.39, 0.29) is 43.9 Å². The number of sulfonamides is 1. The predicted molar refractivity (Wildman–Crippen MR) is 194 cm³/mol. The average Bonchev–Trinajstić information content (AvgIpc) is 3.98. The van der Waals surface area contributed by atoms with Crippen molar-refractivity contribution in [2.75, 3.05) is 13.7 Å². The molecular formula is C39H51N3O9S. The number of pyridine rings is 1. The Bertz CT molecular complexity index is 1860. The number of fused-ring (bicyclic) bond motifs is 1. The van der Waals surface area contributed by atoms with Gasteiger partial charge in [-0.3, -0.25) is 23.9 Å². The number of ketones is 1. The van der Waals surface area contributed by atoms with Gasteiger partial charge in [0.15, 0.2) is 5.78 Å². The molecule has 2 amide bonds. The summed E-state index contributed by atoms with van der Waals surface area (Å²) in [5.41, 5.74) is -2.51. The lowest BCUT2D eigenvalue weighted by molar-refractivity contribution is -0.163. The van der Waals surface area contributed by atoms with Crippen LogP contribution in [0.3, 0.4) is 0 Å². The van der Waals surface area contributed by atoms with Crippen LogP contribution in [0.25, 0.3) is 10.8 Å². The molecule has 3 aliphatic carbocycles. The van der Waals surface area contributed by atoms with Gasteiger partial charge in [-0.25, -0.2) is 13.4 Å². The number of carbonyl (C=O) groups excluding carboxylic acids is 4. The Kier molecular flexibility index (Phi) is 10.2. The number of likely N-dealkylation sites (tertiary alicyclic amines) is 1. The number of Topliss-reactive ketones (excluding diaryl/α,β-unsaturated/α-hetero) is 1. The molecule has 52 heavy (non-hydrogen) atoms. The predicted octanol–water partition coefficient (Wildman–Crippen LogP) is 5.28. The highest BCUT2D eigenvalue weighted by Crippen LogP contribution is 2.57. The van der Waals surface area contributed by atoms with Crippen LogP contribution in [0.1, 0.15) is 91.9 Å². The number of rotatable bonds is 14. The Hall–Kier alpha value is -4.00. The van der Waals surface area contributed by atoms with E-state index in [4.69, 9.17) is 14.2 Å². The molecule has 0 unspecified atom stereocenters. The number of esters is 1. The van der Waals surface area contributed by atoms with E-state index >= 15 is 0 Å². The van der Waals surface area contributed by atoms with E-state index in [1.54, 1.807) is 25.4 Å². The van der Waals surface area contributed by atoms with Crippen molar-refractivity contribution in [3.05, 3.63) is 43.1 Å². The summed E-state index contributed by atoms with van der Waals surface area (Å²) in [6.45, 7) is 11.4. The summed E-state index contributed by atoms with van der Waals surface area (Å²) in [5, 5.41) is 0.960. The molecule has 13 heteroatoms. The molecule has 0 bridgehead atoms. The Morgan fingerprint density at radius 2 is 1.85 bits per heavy atom. The highest BCUT2D eigenvalue weighted by molar-refractivity contribution is 7.90. The van der Waals surface area contributed by atoms with E-state index in [9.17, 15) is 27.6 Å². The number of nitrogens with one attached hydrogen (secondary N) is 1. The molecule has 1 N–H and O–H groups in total. The van der Waals surface area contributed by atoms with Crippen molar-refractivity contribution in [2.45, 2.75) is 115 Å². The first-order chi connectivity index (χ1) is 24.5. The zero-order chi connectivity index (χ0) is 37.6. The van der Waals surface area contributed by atoms with Crippen molar-refractivity contribution >= 4 is 44.4 Å². The Balaban J connectivity index is 1.27. The molecule has 2 aromatic rings. The van der Waals surface area contributed by atoms with Crippen LogP contribution in [0, 0.1) is 22.7 Å². The van der Waals surface area contributed by atoms with Gasteiger partial charge in [-0.1, -0.05) is 26.8 Å². The molecular weight excluding hydrogens is 687 g/mol. The summed E-state index contributed by atoms with van der Waals surface area (Å²) in [7, 11) is -2.26. The Morgan fingerprint density at radius 1 is 1.13 bits per heavy atom. The molecule has 1 aliphatic heterocycles. The van der Waals surface area contributed by atoms with Crippen LogP contribution in [-0.4, -0.2) is 78.5 Å². The molecule has 1 aromatic carbocycles. The van der Waals surface area contributed by atoms with Gasteiger partial charge in [-0.15, -0.1) is 6.58 Å². The zero-order valence-corrected chi connectivity index (χ0v) is 31.6. The number of carbonyl (C=O) groups is 4. The van der Waals surface area contributed by atoms with Gasteiger partial charge in [0.1, 0.15) is 17.5 Å². The highest BCUT2D eigenvalue weighted by Gasteiger charge is 2.61. The fourth-order valence-electron chi connectivity index (χ4n) is 7.92. The molecule has 12 nitrogen and oxygen atoms in total. The molecule has 282 valence electrons. The molecule has 1 saturated heterocycles. The molecule has 6 rings (SSSR count). The van der Waals surface area contributed by atoms with Crippen LogP contribution in [0.5, 0.6) is 11.6 Å². The van der Waals surface area contributed by atoms with Crippen LogP contribution in [-0.2, 0) is 33.9 Å². The summed E-state index contributed by atoms with van der Waals surface area (Å²) in [5.74, 6) is -2.14. The van der Waals surface area contributed by atoms with E-state index in [2.05, 4.69) is 16.3 Å². The molecule has 0 spiro atoms. The Morgan fingerprint density at radius 3 is 2.46 bits per heavy atom. The van der Waals surface area contributed by atoms with Gasteiger partial charge in [-0.05, 0) is 92.9 Å². The lowest BCUT2D eigenvalue weighted by Crippen LogP contribution is -2.49. The number of aromatic nitrogens is 1. The van der Waals surface area contributed by atoms with Gasteiger partial charge in [0, 0.05) is 24.4 Å². The minimum atomic E-state index is -3.85. The molecule has 1 aromatic heterocycles. The van der Waals surface area contributed by atoms with Gasteiger partial charge in [0.05, 0.1) is 42.7 Å². The fourth-order valence-corrected chi connectivity index (χ4v) is 9.30. The van der Waals surface area contributed by atoms with Gasteiger partial charge >= 0.3 is 5.97 Å². The topological polar surface area (TPSA) is 158 Å². The minimum absolute atomic E-state index is 0.0446. The van der Waals surface area contributed by atoms with Crippen LogP contribution < -0.4 is 14.2 Å². The maximum absolute atomic E-state index is 14.7. The number of benzene rings is 1. The minimum Gasteiger partial charge on any atom is -0.497 e. The number of hydrogen-bond donors (Lipinski definition) is 1. The molecule has 4 aliphatic rings. The van der Waals surface area contributed by atoms with E-state index < -0.39 is 67.6 Å². The van der Waals surface area contributed by atoms with Crippen LogP contribution in [0.4, 0.5) is 0 Å². The van der Waals surface area contributed by atoms with E-state index in [0.29, 0.717) is 24.5 Å². The van der Waals surface area contributed by atoms with Gasteiger partial charge in [0.2, 0.25) is 27.7 Å². The maximum atomic E-state index is 14.7. The standard InChI is InChI=1S/C39H51N3O9S/c1-7-25-21-39(25,36(46)41-52(47,48)28-11-12-28)22-32(43)31-19-27(50-34-29-13-10-26(49-6)18-24(29)14-17-40-34)23-42(31)35(45)30(37(2,3)4)20-33(44)51-38(5)15-8-9-16-38/h7,10,13-14,17-18,25,27-28,30-31H,1,8-9,11-12,15-16,19-23H2,2-6H3,(H,41,46)/t25-,27-,30-,31+,39-/m1/s1. The first-order valence-electron chi connectivity index (χ1n) is 18.3. The number of methoxy groups -OCH3 is 1. The Labute approximate surface area is 306 Å². The highest BCUT2D eigenvalue weighted by atomic mass is 32.2. The first kappa shape index (κ1) is 37.7. The fraction of sp³-hybridized carbons (Fsp3) is 0.615. The number of ether oxygens (including phenoxy) is 3. The third kappa shape index (κ3) is 7.84. The van der Waals surface area contributed by atoms with Crippen molar-refractivity contribution in [2.24, 2.45) is 22.7 Å². The van der Waals surface area contributed by atoms with Gasteiger partial charge < -0.3 is 19.1 Å². The zero-order valence-electron chi connectivity index (χ0n) is 30.8. The smallest absolute Gasteiger partial charge is 0.307 e. The normalized spacial score (nSPS) is 26.0. The van der Waals surface area contributed by atoms with Crippen molar-refractivity contribution < 1.29 is 41.8 Å². The SMILES string of the molecule is C=C[C@@H]1C[C@]1(CC(=O)[C@@H]1C[C@@H](Oc2nccc3cc(OC)ccc23)CN1C(=O)[C@@H](CC(=O)OC1(C)CCCC1)C(C)(C)C)C(=O)NS(=O)(=O)C1CC1. The van der Waals surface area contributed by atoms with Crippen LogP contribution in [0.2, 0.25) is 0 Å².